The maximum absolute atomic E-state index is 12.1. The van der Waals surface area contributed by atoms with E-state index in [9.17, 15) is 9.59 Å². The van der Waals surface area contributed by atoms with Gasteiger partial charge in [-0.15, -0.1) is 11.3 Å². The third-order valence-corrected chi connectivity index (χ3v) is 4.83. The SMILES string of the molecule is CCC(N)C(c1cccs1)N1CC(=O)NC(=O)C1(C)C. The molecule has 5 nitrogen and oxygen atoms in total. The maximum atomic E-state index is 12.1. The highest BCUT2D eigenvalue weighted by Crippen LogP contribution is 2.35. The molecule has 110 valence electrons. The molecule has 6 heteroatoms. The van der Waals surface area contributed by atoms with Crippen molar-refractivity contribution in [3.8, 4) is 0 Å². The van der Waals surface area contributed by atoms with Gasteiger partial charge in [-0.3, -0.25) is 19.8 Å². The molecule has 0 radical (unpaired) electrons. The van der Waals surface area contributed by atoms with Crippen molar-refractivity contribution in [3.05, 3.63) is 22.4 Å². The van der Waals surface area contributed by atoms with Crippen molar-refractivity contribution in [3.63, 3.8) is 0 Å². The van der Waals surface area contributed by atoms with Crippen LogP contribution in [0.25, 0.3) is 0 Å². The van der Waals surface area contributed by atoms with Gasteiger partial charge in [0, 0.05) is 10.9 Å². The first-order chi connectivity index (χ1) is 9.37. The Morgan fingerprint density at radius 3 is 2.75 bits per heavy atom. The lowest BCUT2D eigenvalue weighted by molar-refractivity contribution is -0.147. The topological polar surface area (TPSA) is 75.4 Å². The summed E-state index contributed by atoms with van der Waals surface area (Å²) in [5, 5.41) is 4.39. The lowest BCUT2D eigenvalue weighted by Crippen LogP contribution is -2.66. The summed E-state index contributed by atoms with van der Waals surface area (Å²) < 4.78 is 0. The smallest absolute Gasteiger partial charge is 0.246 e. The van der Waals surface area contributed by atoms with Gasteiger partial charge in [0.2, 0.25) is 11.8 Å². The second kappa shape index (κ2) is 5.63. The highest BCUT2D eigenvalue weighted by atomic mass is 32.1. The second-order valence-electron chi connectivity index (χ2n) is 5.60. The maximum Gasteiger partial charge on any atom is 0.246 e. The predicted octanol–water partition coefficient (Wildman–Crippen LogP) is 1.26. The van der Waals surface area contributed by atoms with Gasteiger partial charge in [0.05, 0.1) is 18.1 Å². The Morgan fingerprint density at radius 2 is 2.20 bits per heavy atom. The van der Waals surface area contributed by atoms with Gasteiger partial charge in [0.1, 0.15) is 0 Å². The van der Waals surface area contributed by atoms with E-state index in [0.29, 0.717) is 0 Å². The predicted molar refractivity (Wildman–Crippen MR) is 79.3 cm³/mol. The number of carbonyl (C=O) groups excluding carboxylic acids is 2. The standard InChI is InChI=1S/C14H21N3O2S/c1-4-9(15)12(10-6-5-7-20-10)17-8-11(18)16-13(19)14(17,2)3/h5-7,9,12H,4,8,15H2,1-3H3,(H,16,18,19). The lowest BCUT2D eigenvalue weighted by Gasteiger charge is -2.46. The summed E-state index contributed by atoms with van der Waals surface area (Å²) in [5.41, 5.74) is 5.52. The molecule has 1 aromatic rings. The van der Waals surface area contributed by atoms with Gasteiger partial charge in [0.15, 0.2) is 0 Å². The van der Waals surface area contributed by atoms with E-state index >= 15 is 0 Å². The molecule has 0 bridgehead atoms. The number of thiophene rings is 1. The molecule has 1 aliphatic heterocycles. The summed E-state index contributed by atoms with van der Waals surface area (Å²) in [6, 6.07) is 3.74. The monoisotopic (exact) mass is 295 g/mol. The average molecular weight is 295 g/mol. The van der Waals surface area contributed by atoms with Gasteiger partial charge in [-0.25, -0.2) is 0 Å². The Hall–Kier alpha value is -1.24. The summed E-state index contributed by atoms with van der Waals surface area (Å²) in [6.07, 6.45) is 0.783. The van der Waals surface area contributed by atoms with Gasteiger partial charge in [0.25, 0.3) is 0 Å². The summed E-state index contributed by atoms with van der Waals surface area (Å²) >= 11 is 1.61. The second-order valence-corrected chi connectivity index (χ2v) is 6.58. The first kappa shape index (κ1) is 15.2. The van der Waals surface area contributed by atoms with E-state index in [2.05, 4.69) is 5.32 Å². The highest BCUT2D eigenvalue weighted by Gasteiger charge is 2.46. The first-order valence-electron chi connectivity index (χ1n) is 6.78. The Labute approximate surface area is 123 Å². The van der Waals surface area contributed by atoms with Crippen molar-refractivity contribution >= 4 is 23.2 Å². The summed E-state index contributed by atoms with van der Waals surface area (Å²) in [4.78, 5) is 26.9. The van der Waals surface area contributed by atoms with E-state index in [0.717, 1.165) is 11.3 Å². The third-order valence-electron chi connectivity index (χ3n) is 3.89. The van der Waals surface area contributed by atoms with Crippen LogP contribution in [0, 0.1) is 0 Å². The quantitative estimate of drug-likeness (QED) is 0.820. The molecule has 2 amide bonds. The number of piperazine rings is 1. The molecule has 2 heterocycles. The van der Waals surface area contributed by atoms with E-state index in [-0.39, 0.29) is 30.4 Å². The number of nitrogens with two attached hydrogens (primary N) is 1. The van der Waals surface area contributed by atoms with Crippen LogP contribution in [0.15, 0.2) is 17.5 Å². The van der Waals surface area contributed by atoms with Gasteiger partial charge in [-0.05, 0) is 31.7 Å². The van der Waals surface area contributed by atoms with Crippen LogP contribution in [0.3, 0.4) is 0 Å². The van der Waals surface area contributed by atoms with Crippen molar-refractivity contribution < 1.29 is 9.59 Å². The fourth-order valence-corrected chi connectivity index (χ4v) is 3.44. The molecule has 2 unspecified atom stereocenters. The number of nitrogens with one attached hydrogen (secondary N) is 1. The zero-order chi connectivity index (χ0) is 14.9. The Bertz CT molecular complexity index is 499. The molecule has 1 fully saturated rings. The van der Waals surface area contributed by atoms with Crippen molar-refractivity contribution in [2.24, 2.45) is 5.73 Å². The molecule has 0 saturated carbocycles. The number of amides is 2. The minimum Gasteiger partial charge on any atom is -0.326 e. The lowest BCUT2D eigenvalue weighted by atomic mass is 9.92. The number of carbonyl (C=O) groups is 2. The molecule has 2 rings (SSSR count). The molecule has 1 saturated heterocycles. The largest absolute Gasteiger partial charge is 0.326 e. The van der Waals surface area contributed by atoms with E-state index < -0.39 is 5.54 Å². The third kappa shape index (κ3) is 2.63. The van der Waals surface area contributed by atoms with Gasteiger partial charge in [-0.1, -0.05) is 13.0 Å². The fourth-order valence-electron chi connectivity index (χ4n) is 2.53. The Morgan fingerprint density at radius 1 is 1.50 bits per heavy atom. The Balaban J connectivity index is 2.41. The Kier molecular flexibility index (Phi) is 4.27. The van der Waals surface area contributed by atoms with E-state index in [1.165, 1.54) is 0 Å². The molecule has 0 aromatic carbocycles. The molecular weight excluding hydrogens is 274 g/mol. The van der Waals surface area contributed by atoms with Crippen LogP contribution in [0.1, 0.15) is 38.1 Å². The summed E-state index contributed by atoms with van der Waals surface area (Å²) in [6.45, 7) is 5.87. The molecule has 1 aliphatic rings. The first-order valence-corrected chi connectivity index (χ1v) is 7.66. The summed E-state index contributed by atoms with van der Waals surface area (Å²) in [7, 11) is 0. The van der Waals surface area contributed by atoms with Crippen LogP contribution in [0.5, 0.6) is 0 Å². The van der Waals surface area contributed by atoms with Crippen LogP contribution in [-0.2, 0) is 9.59 Å². The number of imide groups is 1. The molecule has 3 N–H and O–H groups in total. The molecule has 20 heavy (non-hydrogen) atoms. The van der Waals surface area contributed by atoms with E-state index in [4.69, 9.17) is 5.73 Å². The van der Waals surface area contributed by atoms with Crippen molar-refractivity contribution in [2.45, 2.75) is 44.8 Å². The zero-order valence-electron chi connectivity index (χ0n) is 12.1. The highest BCUT2D eigenvalue weighted by molar-refractivity contribution is 7.10. The van der Waals surface area contributed by atoms with E-state index in [1.807, 2.05) is 43.2 Å². The van der Waals surface area contributed by atoms with Crippen molar-refractivity contribution in [1.29, 1.82) is 0 Å². The number of nitrogens with zero attached hydrogens (tertiary/aromatic N) is 1. The van der Waals surface area contributed by atoms with Crippen LogP contribution in [-0.4, -0.2) is 34.8 Å². The van der Waals surface area contributed by atoms with Gasteiger partial charge >= 0.3 is 0 Å². The van der Waals surface area contributed by atoms with Crippen molar-refractivity contribution in [1.82, 2.24) is 10.2 Å². The van der Waals surface area contributed by atoms with Gasteiger partial charge < -0.3 is 5.73 Å². The molecular formula is C14H21N3O2S. The average Bonchev–Trinajstić information content (AvgIpc) is 2.89. The minimum atomic E-state index is -0.755. The minimum absolute atomic E-state index is 0.119. The number of hydrogen-bond acceptors (Lipinski definition) is 5. The van der Waals surface area contributed by atoms with Gasteiger partial charge in [-0.2, -0.15) is 0 Å². The molecule has 2 atom stereocenters. The zero-order valence-corrected chi connectivity index (χ0v) is 12.9. The summed E-state index contributed by atoms with van der Waals surface area (Å²) in [5.74, 6) is -0.530. The fraction of sp³-hybridized carbons (Fsp3) is 0.571. The number of hydrogen-bond donors (Lipinski definition) is 2. The normalized spacial score (nSPS) is 22.4. The van der Waals surface area contributed by atoms with Crippen LogP contribution in [0.2, 0.25) is 0 Å². The number of rotatable bonds is 4. The van der Waals surface area contributed by atoms with Crippen LogP contribution >= 0.6 is 11.3 Å². The molecule has 0 aliphatic carbocycles. The van der Waals surface area contributed by atoms with Crippen LogP contribution < -0.4 is 11.1 Å². The van der Waals surface area contributed by atoms with Crippen LogP contribution in [0.4, 0.5) is 0 Å². The molecule has 0 spiro atoms. The molecule has 1 aromatic heterocycles. The van der Waals surface area contributed by atoms with E-state index in [1.54, 1.807) is 11.3 Å². The van der Waals surface area contributed by atoms with Crippen molar-refractivity contribution in [2.75, 3.05) is 6.54 Å².